The lowest BCUT2D eigenvalue weighted by molar-refractivity contribution is -0.131. The lowest BCUT2D eigenvalue weighted by atomic mass is 9.93. The maximum absolute atomic E-state index is 12.5. The monoisotopic (exact) mass is 303 g/mol. The molecule has 0 aromatic carbocycles. The highest BCUT2D eigenvalue weighted by Crippen LogP contribution is 2.21. The van der Waals surface area contributed by atoms with Crippen LogP contribution in [0.1, 0.15) is 53.9 Å². The smallest absolute Gasteiger partial charge is 0.249 e. The molecule has 1 fully saturated rings. The number of allylic oxidation sites excluding steroid dienone is 5. The lowest BCUT2D eigenvalue weighted by Gasteiger charge is -2.31. The van der Waals surface area contributed by atoms with Crippen LogP contribution in [-0.4, -0.2) is 29.7 Å². The number of hydrogen-bond donors (Lipinski definition) is 0. The van der Waals surface area contributed by atoms with Crippen molar-refractivity contribution in [2.24, 2.45) is 5.92 Å². The summed E-state index contributed by atoms with van der Waals surface area (Å²) in [7, 11) is 0. The van der Waals surface area contributed by atoms with E-state index in [1.807, 2.05) is 30.9 Å². The van der Waals surface area contributed by atoms with Crippen molar-refractivity contribution in [1.29, 1.82) is 0 Å². The van der Waals surface area contributed by atoms with Crippen LogP contribution in [0, 0.1) is 5.92 Å². The van der Waals surface area contributed by atoms with Gasteiger partial charge in [-0.05, 0) is 58.1 Å². The van der Waals surface area contributed by atoms with Crippen molar-refractivity contribution in [2.45, 2.75) is 53.9 Å². The van der Waals surface area contributed by atoms with Gasteiger partial charge < -0.3 is 4.90 Å². The van der Waals surface area contributed by atoms with Gasteiger partial charge in [0.05, 0.1) is 0 Å². The highest BCUT2D eigenvalue weighted by atomic mass is 16.2. The Morgan fingerprint density at radius 3 is 2.18 bits per heavy atom. The van der Waals surface area contributed by atoms with Crippen LogP contribution in [0.4, 0.5) is 0 Å². The number of amides is 1. The third-order valence-corrected chi connectivity index (χ3v) is 4.39. The molecule has 0 bridgehead atoms. The molecule has 1 aliphatic heterocycles. The molecule has 122 valence electrons. The van der Waals surface area contributed by atoms with E-state index in [4.69, 9.17) is 0 Å². The molecule has 0 saturated carbocycles. The zero-order chi connectivity index (χ0) is 16.7. The summed E-state index contributed by atoms with van der Waals surface area (Å²) in [5.41, 5.74) is 3.18. The van der Waals surface area contributed by atoms with Crippen molar-refractivity contribution in [3.63, 3.8) is 0 Å². The van der Waals surface area contributed by atoms with Crippen LogP contribution in [0.3, 0.4) is 0 Å². The van der Waals surface area contributed by atoms with Gasteiger partial charge in [0.25, 0.3) is 0 Å². The fourth-order valence-corrected chi connectivity index (χ4v) is 2.91. The maximum atomic E-state index is 12.5. The summed E-state index contributed by atoms with van der Waals surface area (Å²) >= 11 is 0. The summed E-state index contributed by atoms with van der Waals surface area (Å²) in [6, 6.07) is 0. The fraction of sp³-hybridized carbons (Fsp3) is 0.579. The number of Topliss-reactive ketones (excluding diaryl/α,β-unsaturated/α-hetero) is 1. The quantitative estimate of drug-likeness (QED) is 0.567. The molecule has 0 radical (unpaired) electrons. The van der Waals surface area contributed by atoms with Gasteiger partial charge in [0.15, 0.2) is 0 Å². The summed E-state index contributed by atoms with van der Waals surface area (Å²) < 4.78 is 0. The van der Waals surface area contributed by atoms with Gasteiger partial charge in [-0.2, -0.15) is 0 Å². The summed E-state index contributed by atoms with van der Waals surface area (Å²) in [5.74, 6) is 0.482. The molecule has 0 aromatic heterocycles. The molecule has 1 rings (SSSR count). The first-order valence-electron chi connectivity index (χ1n) is 8.21. The molecule has 0 aliphatic carbocycles. The first kappa shape index (κ1) is 18.4. The maximum Gasteiger partial charge on any atom is 0.249 e. The van der Waals surface area contributed by atoms with E-state index in [-0.39, 0.29) is 17.6 Å². The molecule has 0 aromatic rings. The van der Waals surface area contributed by atoms with Crippen LogP contribution in [0.15, 0.2) is 34.9 Å². The molecular weight excluding hydrogens is 274 g/mol. The van der Waals surface area contributed by atoms with Crippen molar-refractivity contribution in [3.05, 3.63) is 34.9 Å². The van der Waals surface area contributed by atoms with Crippen molar-refractivity contribution in [1.82, 2.24) is 4.90 Å². The predicted octanol–water partition coefficient (Wildman–Crippen LogP) is 4.06. The SMILES string of the molecule is C\C=C/C(C)=C(/C=C(\C)C(=O)N1CCC(C(C)=O)CC1)CC. The van der Waals surface area contributed by atoms with Crippen LogP contribution in [0.25, 0.3) is 0 Å². The van der Waals surface area contributed by atoms with Crippen molar-refractivity contribution in [3.8, 4) is 0 Å². The topological polar surface area (TPSA) is 37.4 Å². The normalized spacial score (nSPS) is 18.6. The molecule has 1 saturated heterocycles. The minimum Gasteiger partial charge on any atom is -0.339 e. The van der Waals surface area contributed by atoms with E-state index in [9.17, 15) is 9.59 Å². The van der Waals surface area contributed by atoms with E-state index < -0.39 is 0 Å². The number of likely N-dealkylation sites (tertiary alicyclic amines) is 1. The van der Waals surface area contributed by atoms with Crippen molar-refractivity contribution >= 4 is 11.7 Å². The third kappa shape index (κ3) is 4.97. The Balaban J connectivity index is 2.79. The van der Waals surface area contributed by atoms with Gasteiger partial charge in [-0.1, -0.05) is 25.2 Å². The first-order chi connectivity index (χ1) is 10.4. The summed E-state index contributed by atoms with van der Waals surface area (Å²) in [4.78, 5) is 25.8. The summed E-state index contributed by atoms with van der Waals surface area (Å²) in [6.45, 7) is 11.1. The molecule has 3 nitrogen and oxygen atoms in total. The molecule has 1 aliphatic rings. The van der Waals surface area contributed by atoms with E-state index >= 15 is 0 Å². The Morgan fingerprint density at radius 1 is 1.14 bits per heavy atom. The number of carbonyl (C=O) groups is 2. The second-order valence-electron chi connectivity index (χ2n) is 6.07. The van der Waals surface area contributed by atoms with E-state index in [1.54, 1.807) is 6.92 Å². The van der Waals surface area contributed by atoms with Crippen molar-refractivity contribution in [2.75, 3.05) is 13.1 Å². The molecular formula is C19H29NO2. The van der Waals surface area contributed by atoms with Crippen LogP contribution in [0.5, 0.6) is 0 Å². The van der Waals surface area contributed by atoms with Gasteiger partial charge in [0.1, 0.15) is 5.78 Å². The molecule has 0 atom stereocenters. The Kier molecular flexibility index (Phi) is 7.30. The van der Waals surface area contributed by atoms with Gasteiger partial charge in [0.2, 0.25) is 5.91 Å². The van der Waals surface area contributed by atoms with Crippen LogP contribution >= 0.6 is 0 Å². The Morgan fingerprint density at radius 2 is 1.73 bits per heavy atom. The van der Waals surface area contributed by atoms with Crippen LogP contribution in [0.2, 0.25) is 0 Å². The zero-order valence-corrected chi connectivity index (χ0v) is 14.6. The number of carbonyl (C=O) groups excluding carboxylic acids is 2. The number of nitrogens with zero attached hydrogens (tertiary/aromatic N) is 1. The minimum atomic E-state index is 0.0984. The van der Waals surface area contributed by atoms with Gasteiger partial charge in [-0.25, -0.2) is 0 Å². The highest BCUT2D eigenvalue weighted by molar-refractivity contribution is 5.93. The molecule has 22 heavy (non-hydrogen) atoms. The molecule has 1 heterocycles. The summed E-state index contributed by atoms with van der Waals surface area (Å²) in [5, 5.41) is 0. The first-order valence-corrected chi connectivity index (χ1v) is 8.21. The van der Waals surface area contributed by atoms with Gasteiger partial charge in [-0.3, -0.25) is 9.59 Å². The molecule has 3 heteroatoms. The largest absolute Gasteiger partial charge is 0.339 e. The van der Waals surface area contributed by atoms with Crippen LogP contribution in [-0.2, 0) is 9.59 Å². The molecule has 1 amide bonds. The van der Waals surface area contributed by atoms with E-state index in [1.165, 1.54) is 11.1 Å². The second kappa shape index (κ2) is 8.72. The lowest BCUT2D eigenvalue weighted by Crippen LogP contribution is -2.40. The fourth-order valence-electron chi connectivity index (χ4n) is 2.91. The number of hydrogen-bond acceptors (Lipinski definition) is 2. The second-order valence-corrected chi connectivity index (χ2v) is 6.07. The van der Waals surface area contributed by atoms with E-state index in [0.29, 0.717) is 13.1 Å². The summed E-state index contributed by atoms with van der Waals surface area (Å²) in [6.07, 6.45) is 8.60. The average molecular weight is 303 g/mol. The highest BCUT2D eigenvalue weighted by Gasteiger charge is 2.25. The molecule has 0 spiro atoms. The zero-order valence-electron chi connectivity index (χ0n) is 14.6. The standard InChI is InChI=1S/C19H29NO2/c1-6-8-14(3)17(7-2)13-15(4)19(22)20-11-9-18(10-12-20)16(5)21/h6,8,13,18H,7,9-12H2,1-5H3/b8-6-,15-13+,17-14+. The minimum absolute atomic E-state index is 0.0984. The van der Waals surface area contributed by atoms with Gasteiger partial charge >= 0.3 is 0 Å². The average Bonchev–Trinajstić information content (AvgIpc) is 2.51. The van der Waals surface area contributed by atoms with E-state index in [0.717, 1.165) is 24.8 Å². The Labute approximate surface area is 134 Å². The predicted molar refractivity (Wildman–Crippen MR) is 91.5 cm³/mol. The van der Waals surface area contributed by atoms with Crippen LogP contribution < -0.4 is 0 Å². The number of ketones is 1. The Hall–Kier alpha value is -1.64. The molecule has 0 N–H and O–H groups in total. The van der Waals surface area contributed by atoms with E-state index in [2.05, 4.69) is 19.9 Å². The van der Waals surface area contributed by atoms with Crippen molar-refractivity contribution < 1.29 is 9.59 Å². The van der Waals surface area contributed by atoms with Gasteiger partial charge in [0, 0.05) is 24.6 Å². The van der Waals surface area contributed by atoms with Gasteiger partial charge in [-0.15, -0.1) is 0 Å². The third-order valence-electron chi connectivity index (χ3n) is 4.39. The number of piperidine rings is 1. The number of rotatable bonds is 5. The Bertz CT molecular complexity index is 504. The molecule has 0 unspecified atom stereocenters.